The zero-order valence-corrected chi connectivity index (χ0v) is 22.8. The second-order valence-corrected chi connectivity index (χ2v) is 12.8. The van der Waals surface area contributed by atoms with Crippen LogP contribution in [0.5, 0.6) is 0 Å². The normalized spacial score (nSPS) is 19.1. The van der Waals surface area contributed by atoms with Crippen LogP contribution in [0.1, 0.15) is 33.6 Å². The quantitative estimate of drug-likeness (QED) is 0.575. The molecule has 2 heterocycles. The van der Waals surface area contributed by atoms with Gasteiger partial charge in [0.1, 0.15) is 11.6 Å². The first-order valence-electron chi connectivity index (χ1n) is 12.3. The number of hydrogen-bond acceptors (Lipinski definition) is 6. The molecule has 2 fully saturated rings. The van der Waals surface area contributed by atoms with Gasteiger partial charge in [-0.3, -0.25) is 4.79 Å². The Morgan fingerprint density at radius 1 is 1.08 bits per heavy atom. The summed E-state index contributed by atoms with van der Waals surface area (Å²) in [6.07, 6.45) is 0.737. The second kappa shape index (κ2) is 10.5. The highest BCUT2D eigenvalue weighted by atomic mass is 35.5. The Bertz CT molecular complexity index is 1340. The molecule has 0 saturated carbocycles. The molecule has 0 aromatic heterocycles. The minimum absolute atomic E-state index is 0.0989. The number of fused-ring (bicyclic) bond motifs is 1. The number of nitriles is 1. The van der Waals surface area contributed by atoms with Crippen molar-refractivity contribution >= 4 is 44.4 Å². The van der Waals surface area contributed by atoms with Crippen molar-refractivity contribution in [3.8, 4) is 6.07 Å². The van der Waals surface area contributed by atoms with Crippen LogP contribution >= 0.6 is 11.6 Å². The van der Waals surface area contributed by atoms with Crippen molar-refractivity contribution in [2.45, 2.75) is 50.2 Å². The Hall–Kier alpha value is -2.87. The molecule has 11 heteroatoms. The van der Waals surface area contributed by atoms with Crippen LogP contribution in [0.15, 0.2) is 41.3 Å². The number of hydrogen-bond donors (Lipinski definition) is 0. The first-order chi connectivity index (χ1) is 17.4. The van der Waals surface area contributed by atoms with Gasteiger partial charge in [0, 0.05) is 31.2 Å². The third-order valence-electron chi connectivity index (χ3n) is 6.74. The predicted molar refractivity (Wildman–Crippen MR) is 139 cm³/mol. The molecule has 198 valence electrons. The van der Waals surface area contributed by atoms with Crippen molar-refractivity contribution < 1.29 is 22.7 Å². The third kappa shape index (κ3) is 6.00. The number of halogens is 1. The number of rotatable bonds is 4. The van der Waals surface area contributed by atoms with Crippen LogP contribution in [0.25, 0.3) is 10.8 Å². The molecule has 2 amide bonds. The number of nitrogens with zero attached hydrogens (tertiary/aromatic N) is 4. The maximum absolute atomic E-state index is 13.3. The SMILES string of the molecule is CC(C)(C)OC(=O)N1CCC(C(C#N)N2CCN(S(=O)(=O)c3ccc4cc(Cl)ccc4c3)CC2=O)CC1. The van der Waals surface area contributed by atoms with Crippen LogP contribution in [0.3, 0.4) is 0 Å². The van der Waals surface area contributed by atoms with Crippen molar-refractivity contribution in [2.24, 2.45) is 5.92 Å². The number of sulfonamides is 1. The Balaban J connectivity index is 1.40. The highest BCUT2D eigenvalue weighted by Crippen LogP contribution is 2.29. The molecule has 0 radical (unpaired) electrons. The van der Waals surface area contributed by atoms with Gasteiger partial charge in [0.2, 0.25) is 15.9 Å². The van der Waals surface area contributed by atoms with Crippen LogP contribution in [-0.2, 0) is 19.6 Å². The molecule has 0 spiro atoms. The largest absolute Gasteiger partial charge is 0.444 e. The van der Waals surface area contributed by atoms with Gasteiger partial charge in [0.25, 0.3) is 0 Å². The molecule has 4 rings (SSSR count). The van der Waals surface area contributed by atoms with E-state index < -0.39 is 27.6 Å². The minimum atomic E-state index is -3.90. The van der Waals surface area contributed by atoms with Crippen LogP contribution in [0.4, 0.5) is 4.79 Å². The smallest absolute Gasteiger partial charge is 0.410 e. The van der Waals surface area contributed by atoms with Gasteiger partial charge in [-0.05, 0) is 74.6 Å². The van der Waals surface area contributed by atoms with Gasteiger partial charge in [0.05, 0.1) is 17.5 Å². The topological polar surface area (TPSA) is 111 Å². The molecule has 2 aromatic rings. The van der Waals surface area contributed by atoms with Crippen LogP contribution in [0, 0.1) is 17.2 Å². The average Bonchev–Trinajstić information content (AvgIpc) is 2.84. The van der Waals surface area contributed by atoms with E-state index in [1.165, 1.54) is 15.3 Å². The van der Waals surface area contributed by atoms with E-state index >= 15 is 0 Å². The molecular weight excluding hydrogens is 516 g/mol. The number of piperidine rings is 1. The van der Waals surface area contributed by atoms with Crippen molar-refractivity contribution in [2.75, 3.05) is 32.7 Å². The number of ether oxygens (including phenoxy) is 1. The lowest BCUT2D eigenvalue weighted by Crippen LogP contribution is -2.57. The number of likely N-dealkylation sites (tertiary alicyclic amines) is 1. The van der Waals surface area contributed by atoms with E-state index in [1.54, 1.807) is 35.2 Å². The summed E-state index contributed by atoms with van der Waals surface area (Å²) in [5.41, 5.74) is -0.587. The summed E-state index contributed by atoms with van der Waals surface area (Å²) in [5, 5.41) is 12.0. The molecule has 2 aliphatic heterocycles. The molecule has 1 unspecified atom stereocenters. The van der Waals surface area contributed by atoms with Crippen molar-refractivity contribution in [3.63, 3.8) is 0 Å². The highest BCUT2D eigenvalue weighted by molar-refractivity contribution is 7.89. The molecule has 0 aliphatic carbocycles. The summed E-state index contributed by atoms with van der Waals surface area (Å²) in [7, 11) is -3.90. The molecule has 9 nitrogen and oxygen atoms in total. The summed E-state index contributed by atoms with van der Waals surface area (Å²) >= 11 is 6.02. The fourth-order valence-corrected chi connectivity index (χ4v) is 6.42. The highest BCUT2D eigenvalue weighted by Gasteiger charge is 2.40. The summed E-state index contributed by atoms with van der Waals surface area (Å²) in [6.45, 7) is 6.21. The van der Waals surface area contributed by atoms with Gasteiger partial charge < -0.3 is 14.5 Å². The zero-order chi connectivity index (χ0) is 27.0. The number of piperazine rings is 1. The average molecular weight is 547 g/mol. The molecule has 2 aliphatic rings. The van der Waals surface area contributed by atoms with E-state index in [1.807, 2.05) is 20.8 Å². The minimum Gasteiger partial charge on any atom is -0.444 e. The van der Waals surface area contributed by atoms with Crippen molar-refractivity contribution in [1.82, 2.24) is 14.1 Å². The number of carbonyl (C=O) groups excluding carboxylic acids is 2. The Morgan fingerprint density at radius 2 is 1.73 bits per heavy atom. The zero-order valence-electron chi connectivity index (χ0n) is 21.2. The molecule has 37 heavy (non-hydrogen) atoms. The van der Waals surface area contributed by atoms with E-state index in [2.05, 4.69) is 6.07 Å². The monoisotopic (exact) mass is 546 g/mol. The molecule has 2 aromatic carbocycles. The van der Waals surface area contributed by atoms with E-state index in [4.69, 9.17) is 16.3 Å². The number of benzene rings is 2. The molecule has 1 atom stereocenters. The lowest BCUT2D eigenvalue weighted by atomic mass is 9.89. The Morgan fingerprint density at radius 3 is 2.35 bits per heavy atom. The molecule has 0 bridgehead atoms. The summed E-state index contributed by atoms with van der Waals surface area (Å²) in [5.74, 6) is -0.508. The van der Waals surface area contributed by atoms with Crippen LogP contribution in [-0.4, -0.2) is 78.9 Å². The number of amides is 2. The van der Waals surface area contributed by atoms with Crippen LogP contribution in [0.2, 0.25) is 5.02 Å². The standard InChI is InChI=1S/C26H31ClN4O5S/c1-26(2,3)36-25(33)29-10-8-18(9-11-29)23(16-28)31-13-12-30(17-24(31)32)37(34,35)22-7-5-19-14-21(27)6-4-20(19)15-22/h4-7,14-15,18,23H,8-13,17H2,1-3H3. The molecule has 0 N–H and O–H groups in total. The maximum atomic E-state index is 13.3. The third-order valence-corrected chi connectivity index (χ3v) is 8.82. The van der Waals surface area contributed by atoms with E-state index in [-0.39, 0.29) is 36.5 Å². The lowest BCUT2D eigenvalue weighted by molar-refractivity contribution is -0.136. The van der Waals surface area contributed by atoms with Gasteiger partial charge >= 0.3 is 6.09 Å². The molecule has 2 saturated heterocycles. The van der Waals surface area contributed by atoms with Gasteiger partial charge in [-0.2, -0.15) is 9.57 Å². The molecular formula is C26H31ClN4O5S. The van der Waals surface area contributed by atoms with E-state index in [0.717, 1.165) is 10.8 Å². The fraction of sp³-hybridized carbons (Fsp3) is 0.500. The van der Waals surface area contributed by atoms with E-state index in [9.17, 15) is 23.3 Å². The fourth-order valence-electron chi connectivity index (χ4n) is 4.82. The first-order valence-corrected chi connectivity index (χ1v) is 14.1. The summed E-state index contributed by atoms with van der Waals surface area (Å²) < 4.78 is 33.2. The van der Waals surface area contributed by atoms with Gasteiger partial charge in [0.15, 0.2) is 0 Å². The first kappa shape index (κ1) is 27.2. The van der Waals surface area contributed by atoms with Gasteiger partial charge in [-0.15, -0.1) is 0 Å². The Kier molecular flexibility index (Phi) is 7.70. The van der Waals surface area contributed by atoms with E-state index in [0.29, 0.717) is 31.0 Å². The summed E-state index contributed by atoms with van der Waals surface area (Å²) in [6, 6.07) is 11.6. The number of carbonyl (C=O) groups is 2. The van der Waals surface area contributed by atoms with Crippen molar-refractivity contribution in [3.05, 3.63) is 41.4 Å². The van der Waals surface area contributed by atoms with Gasteiger partial charge in [-0.25, -0.2) is 13.2 Å². The van der Waals surface area contributed by atoms with Gasteiger partial charge in [-0.1, -0.05) is 23.7 Å². The second-order valence-electron chi connectivity index (χ2n) is 10.5. The Labute approximate surface area is 222 Å². The lowest BCUT2D eigenvalue weighted by Gasteiger charge is -2.41. The predicted octanol–water partition coefficient (Wildman–Crippen LogP) is 3.87. The summed E-state index contributed by atoms with van der Waals surface area (Å²) in [4.78, 5) is 28.6. The maximum Gasteiger partial charge on any atom is 0.410 e. The van der Waals surface area contributed by atoms with Crippen LogP contribution < -0.4 is 0 Å². The van der Waals surface area contributed by atoms with Crippen molar-refractivity contribution in [1.29, 1.82) is 5.26 Å².